The minimum atomic E-state index is -2.50. The van der Waals surface area contributed by atoms with Gasteiger partial charge in [-0.15, -0.1) is 0 Å². The highest BCUT2D eigenvalue weighted by Crippen LogP contribution is 2.19. The van der Waals surface area contributed by atoms with E-state index in [9.17, 15) is 8.78 Å². The van der Waals surface area contributed by atoms with Crippen molar-refractivity contribution in [2.45, 2.75) is 27.3 Å². The highest BCUT2D eigenvalue weighted by molar-refractivity contribution is 5.31. The van der Waals surface area contributed by atoms with Crippen LogP contribution in [0, 0.1) is 0 Å². The van der Waals surface area contributed by atoms with Gasteiger partial charge in [-0.05, 0) is 24.6 Å². The topological polar surface area (TPSA) is 3.24 Å². The van der Waals surface area contributed by atoms with Crippen LogP contribution in [0.4, 0.5) is 8.78 Å². The van der Waals surface area contributed by atoms with E-state index in [0.717, 1.165) is 10.5 Å². The minimum absolute atomic E-state index is 0.333. The van der Waals surface area contributed by atoms with Gasteiger partial charge in [-0.2, -0.15) is 8.78 Å². The van der Waals surface area contributed by atoms with Crippen molar-refractivity contribution >= 4 is 0 Å². The Morgan fingerprint density at radius 3 is 2.31 bits per heavy atom. The monoisotopic (exact) mass is 187 g/mol. The molecule has 0 aromatic carbocycles. The average Bonchev–Trinajstić information content (AvgIpc) is 2.07. The van der Waals surface area contributed by atoms with Crippen LogP contribution in [0.5, 0.6) is 0 Å². The summed E-state index contributed by atoms with van der Waals surface area (Å²) < 4.78 is 24.2. The van der Waals surface area contributed by atoms with E-state index in [2.05, 4.69) is 6.58 Å². The molecule has 0 bridgehead atoms. The molecule has 74 valence electrons. The van der Waals surface area contributed by atoms with Gasteiger partial charge in [-0.25, -0.2) is 0 Å². The molecular weight excluding hydrogens is 172 g/mol. The van der Waals surface area contributed by atoms with Gasteiger partial charge in [0.15, 0.2) is 0 Å². The van der Waals surface area contributed by atoms with E-state index in [-0.39, 0.29) is 0 Å². The molecule has 1 nitrogen and oxygen atoms in total. The second kappa shape index (κ2) is 5.51. The van der Waals surface area contributed by atoms with Crippen molar-refractivity contribution in [1.82, 2.24) is 4.90 Å². The lowest BCUT2D eigenvalue weighted by Gasteiger charge is -2.22. The van der Waals surface area contributed by atoms with Crippen LogP contribution in [0.15, 0.2) is 36.2 Å². The van der Waals surface area contributed by atoms with Gasteiger partial charge in [0.25, 0.3) is 0 Å². The van der Waals surface area contributed by atoms with E-state index in [1.54, 1.807) is 12.2 Å². The maximum Gasteiger partial charge on any atom is 0.318 e. The number of alkyl halides is 2. The van der Waals surface area contributed by atoms with E-state index in [1.807, 2.05) is 20.8 Å². The third kappa shape index (κ3) is 3.40. The van der Waals surface area contributed by atoms with Gasteiger partial charge in [0.1, 0.15) is 0 Å². The van der Waals surface area contributed by atoms with E-state index in [4.69, 9.17) is 0 Å². The largest absolute Gasteiger partial charge is 0.318 e. The average molecular weight is 187 g/mol. The summed E-state index contributed by atoms with van der Waals surface area (Å²) in [4.78, 5) is 0.826. The summed E-state index contributed by atoms with van der Waals surface area (Å²) in [6, 6.07) is 0. The predicted octanol–water partition coefficient (Wildman–Crippen LogP) is 3.52. The molecule has 0 amide bonds. The Hall–Kier alpha value is -1.12. The first-order valence-electron chi connectivity index (χ1n) is 4.23. The van der Waals surface area contributed by atoms with Crippen molar-refractivity contribution < 1.29 is 8.78 Å². The number of rotatable bonds is 1. The third-order valence-electron chi connectivity index (χ3n) is 1.43. The number of hydrogen-bond donors (Lipinski definition) is 0. The molecule has 0 N–H and O–H groups in total. The normalized spacial score (nSPS) is 15.4. The zero-order chi connectivity index (χ0) is 10.4. The van der Waals surface area contributed by atoms with Crippen molar-refractivity contribution in [3.05, 3.63) is 36.2 Å². The Kier molecular flexibility index (Phi) is 5.04. The molecule has 0 aromatic heterocycles. The van der Waals surface area contributed by atoms with Crippen LogP contribution in [0.25, 0.3) is 0 Å². The third-order valence-corrected chi connectivity index (χ3v) is 1.43. The lowest BCUT2D eigenvalue weighted by Crippen LogP contribution is -2.22. The summed E-state index contributed by atoms with van der Waals surface area (Å²) in [7, 11) is 0. The Bertz CT molecular complexity index is 229. The quantitative estimate of drug-likeness (QED) is 0.568. The maximum atomic E-state index is 12.1. The number of allylic oxidation sites excluding steroid dienone is 3. The standard InChI is InChI=1S/C8H9F2N.C2H6/c1-6-3-4-11(8(9)10)7(2)5-6;1-2/h3-5,8H,2H2,1H3;1-2H3. The smallest absolute Gasteiger partial charge is 0.292 e. The molecule has 1 aliphatic rings. The molecule has 0 aromatic rings. The minimum Gasteiger partial charge on any atom is -0.292 e. The van der Waals surface area contributed by atoms with Crippen molar-refractivity contribution in [2.24, 2.45) is 0 Å². The molecule has 0 radical (unpaired) electrons. The van der Waals surface area contributed by atoms with Gasteiger partial charge in [0, 0.05) is 11.9 Å². The molecule has 13 heavy (non-hydrogen) atoms. The Labute approximate surface area is 78.0 Å². The number of hydrogen-bond acceptors (Lipinski definition) is 1. The first-order chi connectivity index (χ1) is 6.11. The Morgan fingerprint density at radius 1 is 1.38 bits per heavy atom. The van der Waals surface area contributed by atoms with E-state index in [0.29, 0.717) is 5.70 Å². The van der Waals surface area contributed by atoms with Crippen LogP contribution < -0.4 is 0 Å². The first-order valence-corrected chi connectivity index (χ1v) is 4.23. The second-order valence-electron chi connectivity index (χ2n) is 2.38. The molecule has 0 saturated carbocycles. The van der Waals surface area contributed by atoms with Crippen molar-refractivity contribution in [2.75, 3.05) is 0 Å². The van der Waals surface area contributed by atoms with Crippen LogP contribution in [0.1, 0.15) is 20.8 Å². The second-order valence-corrected chi connectivity index (χ2v) is 2.38. The zero-order valence-electron chi connectivity index (χ0n) is 8.22. The van der Waals surface area contributed by atoms with E-state index >= 15 is 0 Å². The highest BCUT2D eigenvalue weighted by atomic mass is 19.3. The molecule has 0 saturated heterocycles. The van der Waals surface area contributed by atoms with Gasteiger partial charge >= 0.3 is 6.55 Å². The van der Waals surface area contributed by atoms with Crippen LogP contribution >= 0.6 is 0 Å². The van der Waals surface area contributed by atoms with Gasteiger partial charge in [-0.1, -0.05) is 20.4 Å². The molecule has 1 heterocycles. The summed E-state index contributed by atoms with van der Waals surface area (Å²) >= 11 is 0. The molecule has 0 spiro atoms. The van der Waals surface area contributed by atoms with Crippen molar-refractivity contribution in [3.63, 3.8) is 0 Å². The molecule has 0 fully saturated rings. The van der Waals surface area contributed by atoms with Crippen LogP contribution in [0.3, 0.4) is 0 Å². The zero-order valence-corrected chi connectivity index (χ0v) is 8.22. The summed E-state index contributed by atoms with van der Waals surface area (Å²) in [6.45, 7) is 6.83. The molecule has 0 aliphatic carbocycles. The fourth-order valence-corrected chi connectivity index (χ4v) is 0.869. The summed E-state index contributed by atoms with van der Waals surface area (Å²) in [5.41, 5.74) is 1.27. The van der Waals surface area contributed by atoms with Gasteiger partial charge in [0.2, 0.25) is 0 Å². The maximum absolute atomic E-state index is 12.1. The first kappa shape index (κ1) is 11.9. The summed E-state index contributed by atoms with van der Waals surface area (Å²) in [5, 5.41) is 0. The fraction of sp³-hybridized carbons (Fsp3) is 0.400. The van der Waals surface area contributed by atoms with Crippen LogP contribution in [-0.4, -0.2) is 11.4 Å². The van der Waals surface area contributed by atoms with Crippen molar-refractivity contribution in [3.8, 4) is 0 Å². The van der Waals surface area contributed by atoms with Gasteiger partial charge in [-0.3, -0.25) is 4.90 Å². The summed E-state index contributed by atoms with van der Waals surface area (Å²) in [6.07, 6.45) is 4.58. The summed E-state index contributed by atoms with van der Waals surface area (Å²) in [5.74, 6) is 0. The van der Waals surface area contributed by atoms with Gasteiger partial charge in [0.05, 0.1) is 0 Å². The Balaban J connectivity index is 0.000000671. The predicted molar refractivity (Wildman–Crippen MR) is 51.2 cm³/mol. The molecule has 1 rings (SSSR count). The lowest BCUT2D eigenvalue weighted by atomic mass is 10.2. The molecule has 3 heteroatoms. The fourth-order valence-electron chi connectivity index (χ4n) is 0.869. The molecule has 0 unspecified atom stereocenters. The van der Waals surface area contributed by atoms with E-state index < -0.39 is 6.55 Å². The molecular formula is C10H15F2N. The highest BCUT2D eigenvalue weighted by Gasteiger charge is 2.15. The SMILES string of the molecule is C=C1C=C(C)C=CN1C(F)F.CC. The number of halogens is 2. The van der Waals surface area contributed by atoms with Crippen LogP contribution in [-0.2, 0) is 0 Å². The molecule has 0 atom stereocenters. The van der Waals surface area contributed by atoms with Gasteiger partial charge < -0.3 is 0 Å². The van der Waals surface area contributed by atoms with Crippen molar-refractivity contribution in [1.29, 1.82) is 0 Å². The molecule has 1 aliphatic heterocycles. The Morgan fingerprint density at radius 2 is 1.92 bits per heavy atom. The lowest BCUT2D eigenvalue weighted by molar-refractivity contribution is 0.0300. The number of nitrogens with zero attached hydrogens (tertiary/aromatic N) is 1. The van der Waals surface area contributed by atoms with E-state index in [1.165, 1.54) is 6.20 Å². The van der Waals surface area contributed by atoms with Crippen LogP contribution in [0.2, 0.25) is 0 Å².